The largest absolute Gasteiger partial charge is 0.323 e. The predicted molar refractivity (Wildman–Crippen MR) is 65.0 cm³/mol. The fourth-order valence-corrected chi connectivity index (χ4v) is 2.35. The van der Waals surface area contributed by atoms with E-state index in [1.165, 1.54) is 32.1 Å². The number of aryl methyl sites for hydroxylation is 1. The van der Waals surface area contributed by atoms with Gasteiger partial charge in [0.05, 0.1) is 6.20 Å². The quantitative estimate of drug-likeness (QED) is 0.808. The summed E-state index contributed by atoms with van der Waals surface area (Å²) in [6.07, 6.45) is 10.6. The van der Waals surface area contributed by atoms with Crippen LogP contribution in [0.15, 0.2) is 12.4 Å². The first-order chi connectivity index (χ1) is 7.75. The van der Waals surface area contributed by atoms with E-state index in [4.69, 9.17) is 5.73 Å². The highest BCUT2D eigenvalue weighted by Crippen LogP contribution is 2.18. The fraction of sp³-hybridized carbons (Fsp3) is 0.750. The van der Waals surface area contributed by atoms with E-state index in [1.54, 1.807) is 4.68 Å². The average Bonchev–Trinajstić information content (AvgIpc) is 2.74. The molecule has 0 aliphatic heterocycles. The Morgan fingerprint density at radius 1 is 1.50 bits per heavy atom. The molecule has 2 rings (SSSR count). The van der Waals surface area contributed by atoms with Crippen LogP contribution in [-0.4, -0.2) is 22.4 Å². The highest BCUT2D eigenvalue weighted by atomic mass is 15.2. The van der Waals surface area contributed by atoms with Gasteiger partial charge in [-0.3, -0.25) is 4.68 Å². The van der Waals surface area contributed by atoms with E-state index in [9.17, 15) is 0 Å². The Morgan fingerprint density at radius 2 is 2.25 bits per heavy atom. The second kappa shape index (κ2) is 5.46. The smallest absolute Gasteiger partial charge is 0.0537 e. The number of hydrogen-bond donors (Lipinski definition) is 2. The van der Waals surface area contributed by atoms with Crippen molar-refractivity contribution in [3.8, 4) is 0 Å². The lowest BCUT2D eigenvalue weighted by atomic mass is 9.95. The molecule has 1 aliphatic carbocycles. The second-order valence-electron chi connectivity index (χ2n) is 4.80. The first-order valence-corrected chi connectivity index (χ1v) is 6.23. The van der Waals surface area contributed by atoms with E-state index in [2.05, 4.69) is 10.4 Å². The number of rotatable bonds is 4. The molecule has 1 heterocycles. The third-order valence-corrected chi connectivity index (χ3v) is 3.38. The summed E-state index contributed by atoms with van der Waals surface area (Å²) >= 11 is 0. The van der Waals surface area contributed by atoms with Gasteiger partial charge in [-0.05, 0) is 12.8 Å². The lowest BCUT2D eigenvalue weighted by molar-refractivity contribution is 0.365. The van der Waals surface area contributed by atoms with Gasteiger partial charge >= 0.3 is 0 Å². The number of aromatic nitrogens is 2. The first kappa shape index (κ1) is 11.6. The van der Waals surface area contributed by atoms with Crippen LogP contribution in [0.5, 0.6) is 0 Å². The molecule has 1 atom stereocenters. The normalized spacial score (nSPS) is 19.9. The van der Waals surface area contributed by atoms with E-state index in [1.807, 2.05) is 19.4 Å². The van der Waals surface area contributed by atoms with Crippen LogP contribution in [0, 0.1) is 0 Å². The molecular weight excluding hydrogens is 200 g/mol. The molecule has 0 bridgehead atoms. The molecule has 0 saturated heterocycles. The Kier molecular flexibility index (Phi) is 3.96. The summed E-state index contributed by atoms with van der Waals surface area (Å²) in [5, 5.41) is 7.71. The lowest BCUT2D eigenvalue weighted by Gasteiger charge is -2.24. The minimum absolute atomic E-state index is 0.0654. The second-order valence-corrected chi connectivity index (χ2v) is 4.80. The van der Waals surface area contributed by atoms with Gasteiger partial charge in [0.15, 0.2) is 0 Å². The minimum atomic E-state index is 0.0654. The van der Waals surface area contributed by atoms with Gasteiger partial charge in [0.1, 0.15) is 0 Å². The maximum absolute atomic E-state index is 6.11. The zero-order chi connectivity index (χ0) is 11.4. The van der Waals surface area contributed by atoms with Gasteiger partial charge in [0.2, 0.25) is 0 Å². The Balaban J connectivity index is 1.76. The Hall–Kier alpha value is -0.870. The summed E-state index contributed by atoms with van der Waals surface area (Å²) < 4.78 is 1.80. The van der Waals surface area contributed by atoms with E-state index >= 15 is 0 Å². The molecule has 3 N–H and O–H groups in total. The van der Waals surface area contributed by atoms with Crippen LogP contribution >= 0.6 is 0 Å². The molecule has 90 valence electrons. The summed E-state index contributed by atoms with van der Waals surface area (Å²) in [4.78, 5) is 0. The highest BCUT2D eigenvalue weighted by molar-refractivity contribution is 5.09. The van der Waals surface area contributed by atoms with Crippen LogP contribution in [0.3, 0.4) is 0 Å². The molecule has 0 aromatic carbocycles. The van der Waals surface area contributed by atoms with Crippen molar-refractivity contribution in [3.63, 3.8) is 0 Å². The van der Waals surface area contributed by atoms with Crippen molar-refractivity contribution in [3.05, 3.63) is 18.0 Å². The molecule has 1 aliphatic rings. The topological polar surface area (TPSA) is 55.9 Å². The zero-order valence-electron chi connectivity index (χ0n) is 10.0. The highest BCUT2D eigenvalue weighted by Gasteiger charge is 2.14. The number of nitrogens with two attached hydrogens (primary N) is 1. The predicted octanol–water partition coefficient (Wildman–Crippen LogP) is 1.34. The molecular formula is C12H22N4. The maximum atomic E-state index is 6.11. The Morgan fingerprint density at radius 3 is 2.88 bits per heavy atom. The molecule has 1 saturated carbocycles. The summed E-state index contributed by atoms with van der Waals surface area (Å²) in [7, 11) is 1.92. The number of nitrogens with zero attached hydrogens (tertiary/aromatic N) is 2. The SMILES string of the molecule is Cn1cc(C(N)CNC2CCCCC2)cn1. The number of hydrogen-bond acceptors (Lipinski definition) is 3. The standard InChI is InChI=1S/C12H22N4/c1-16-9-10(7-15-16)12(13)8-14-11-5-3-2-4-6-11/h7,9,11-12,14H,2-6,8,13H2,1H3. The van der Waals surface area contributed by atoms with Crippen LogP contribution in [0.25, 0.3) is 0 Å². The van der Waals surface area contributed by atoms with Crippen molar-refractivity contribution >= 4 is 0 Å². The van der Waals surface area contributed by atoms with Crippen molar-refractivity contribution in [2.45, 2.75) is 44.2 Å². The van der Waals surface area contributed by atoms with Crippen LogP contribution in [0.1, 0.15) is 43.7 Å². The summed E-state index contributed by atoms with van der Waals surface area (Å²) in [5.74, 6) is 0. The van der Waals surface area contributed by atoms with E-state index in [0.29, 0.717) is 6.04 Å². The molecule has 4 heteroatoms. The van der Waals surface area contributed by atoms with Crippen molar-refractivity contribution in [2.24, 2.45) is 12.8 Å². The van der Waals surface area contributed by atoms with Crippen LogP contribution in [-0.2, 0) is 7.05 Å². The molecule has 0 spiro atoms. The zero-order valence-corrected chi connectivity index (χ0v) is 10.0. The summed E-state index contributed by atoms with van der Waals surface area (Å²) in [6.45, 7) is 0.857. The Labute approximate surface area is 97.2 Å². The van der Waals surface area contributed by atoms with Gasteiger partial charge in [0.25, 0.3) is 0 Å². The average molecular weight is 222 g/mol. The third-order valence-electron chi connectivity index (χ3n) is 3.38. The van der Waals surface area contributed by atoms with Gasteiger partial charge in [-0.25, -0.2) is 0 Å². The molecule has 0 amide bonds. The van der Waals surface area contributed by atoms with Crippen LogP contribution < -0.4 is 11.1 Å². The van der Waals surface area contributed by atoms with E-state index in [-0.39, 0.29) is 6.04 Å². The van der Waals surface area contributed by atoms with Gasteiger partial charge in [-0.1, -0.05) is 19.3 Å². The fourth-order valence-electron chi connectivity index (χ4n) is 2.35. The Bertz CT molecular complexity index is 315. The van der Waals surface area contributed by atoms with Crippen molar-refractivity contribution in [2.75, 3.05) is 6.54 Å². The van der Waals surface area contributed by atoms with Crippen molar-refractivity contribution in [1.29, 1.82) is 0 Å². The van der Waals surface area contributed by atoms with E-state index in [0.717, 1.165) is 12.1 Å². The monoisotopic (exact) mass is 222 g/mol. The molecule has 1 aromatic rings. The van der Waals surface area contributed by atoms with Gasteiger partial charge in [-0.15, -0.1) is 0 Å². The molecule has 1 aromatic heterocycles. The third kappa shape index (κ3) is 3.06. The first-order valence-electron chi connectivity index (χ1n) is 6.23. The molecule has 0 radical (unpaired) electrons. The van der Waals surface area contributed by atoms with Crippen molar-refractivity contribution < 1.29 is 0 Å². The van der Waals surface area contributed by atoms with Gasteiger partial charge in [0, 0.05) is 37.4 Å². The lowest BCUT2D eigenvalue weighted by Crippen LogP contribution is -2.36. The molecule has 1 unspecified atom stereocenters. The maximum Gasteiger partial charge on any atom is 0.0537 e. The van der Waals surface area contributed by atoms with E-state index < -0.39 is 0 Å². The minimum Gasteiger partial charge on any atom is -0.323 e. The summed E-state index contributed by atoms with van der Waals surface area (Å²) in [5.41, 5.74) is 7.23. The molecule has 16 heavy (non-hydrogen) atoms. The molecule has 4 nitrogen and oxygen atoms in total. The van der Waals surface area contributed by atoms with Gasteiger partial charge in [-0.2, -0.15) is 5.10 Å². The van der Waals surface area contributed by atoms with Crippen LogP contribution in [0.4, 0.5) is 0 Å². The summed E-state index contributed by atoms with van der Waals surface area (Å²) in [6, 6.07) is 0.743. The van der Waals surface area contributed by atoms with Crippen LogP contribution in [0.2, 0.25) is 0 Å². The van der Waals surface area contributed by atoms with Gasteiger partial charge < -0.3 is 11.1 Å². The van der Waals surface area contributed by atoms with Crippen molar-refractivity contribution in [1.82, 2.24) is 15.1 Å². The number of nitrogens with one attached hydrogen (secondary N) is 1. The molecule has 1 fully saturated rings.